The van der Waals surface area contributed by atoms with Gasteiger partial charge in [0, 0.05) is 48.5 Å². The van der Waals surface area contributed by atoms with E-state index in [0.717, 1.165) is 37.6 Å². The molecule has 26 heavy (non-hydrogen) atoms. The van der Waals surface area contributed by atoms with Gasteiger partial charge < -0.3 is 15.6 Å². The highest BCUT2D eigenvalue weighted by Gasteiger charge is 2.07. The molecule has 3 rings (SSSR count). The van der Waals surface area contributed by atoms with Crippen molar-refractivity contribution in [2.75, 3.05) is 20.1 Å². The fourth-order valence-electron chi connectivity index (χ4n) is 3.12. The molecule has 0 atom stereocenters. The summed E-state index contributed by atoms with van der Waals surface area (Å²) < 4.78 is 0. The zero-order chi connectivity index (χ0) is 18.5. The summed E-state index contributed by atoms with van der Waals surface area (Å²) in [7, 11) is 1.81. The van der Waals surface area contributed by atoms with Gasteiger partial charge in [-0.3, -0.25) is 4.99 Å². The molecular formula is C20H27N5S. The van der Waals surface area contributed by atoms with E-state index in [1.807, 2.05) is 7.05 Å². The van der Waals surface area contributed by atoms with Gasteiger partial charge in [-0.2, -0.15) is 0 Å². The molecule has 138 valence electrons. The molecule has 0 aliphatic rings. The number of thiazole rings is 1. The van der Waals surface area contributed by atoms with E-state index in [9.17, 15) is 0 Å². The Morgan fingerprint density at radius 1 is 1.15 bits per heavy atom. The third-order valence-electron chi connectivity index (χ3n) is 4.61. The molecule has 1 aromatic carbocycles. The number of hydrogen-bond acceptors (Lipinski definition) is 3. The molecule has 2 aromatic heterocycles. The molecule has 0 bridgehead atoms. The molecule has 2 heterocycles. The summed E-state index contributed by atoms with van der Waals surface area (Å²) in [4.78, 5) is 13.6. The highest BCUT2D eigenvalue weighted by atomic mass is 32.1. The van der Waals surface area contributed by atoms with Crippen molar-refractivity contribution >= 4 is 28.2 Å². The zero-order valence-electron chi connectivity index (χ0n) is 15.9. The number of aryl methyl sites for hydroxylation is 3. The maximum atomic E-state index is 4.58. The van der Waals surface area contributed by atoms with E-state index in [-0.39, 0.29) is 0 Å². The minimum Gasteiger partial charge on any atom is -0.361 e. The van der Waals surface area contributed by atoms with E-state index < -0.39 is 0 Å². The Bertz CT molecular complexity index is 887. The first-order valence-electron chi connectivity index (χ1n) is 9.01. The summed E-state index contributed by atoms with van der Waals surface area (Å²) >= 11 is 1.78. The summed E-state index contributed by atoms with van der Waals surface area (Å²) in [6.07, 6.45) is 3.99. The zero-order valence-corrected chi connectivity index (χ0v) is 16.8. The fraction of sp³-hybridized carbons (Fsp3) is 0.400. The Morgan fingerprint density at radius 2 is 1.92 bits per heavy atom. The number of hydrogen-bond donors (Lipinski definition) is 3. The van der Waals surface area contributed by atoms with E-state index in [0.29, 0.717) is 0 Å². The molecule has 0 spiro atoms. The number of aromatic amines is 1. The molecule has 5 nitrogen and oxygen atoms in total. The number of rotatable bonds is 6. The quantitative estimate of drug-likeness (QED) is 0.460. The molecule has 0 amide bonds. The van der Waals surface area contributed by atoms with Crippen LogP contribution in [0.5, 0.6) is 0 Å². The van der Waals surface area contributed by atoms with Crippen LogP contribution in [0.15, 0.2) is 29.4 Å². The Morgan fingerprint density at radius 3 is 2.62 bits per heavy atom. The minimum atomic E-state index is 0.832. The van der Waals surface area contributed by atoms with Gasteiger partial charge in [0.25, 0.3) is 0 Å². The van der Waals surface area contributed by atoms with Crippen molar-refractivity contribution < 1.29 is 0 Å². The molecule has 0 saturated heterocycles. The van der Waals surface area contributed by atoms with Gasteiger partial charge in [-0.1, -0.05) is 12.1 Å². The van der Waals surface area contributed by atoms with Crippen molar-refractivity contribution in [1.82, 2.24) is 20.6 Å². The third kappa shape index (κ3) is 4.25. The summed E-state index contributed by atoms with van der Waals surface area (Å²) in [6, 6.07) is 6.38. The first kappa shape index (κ1) is 18.5. The van der Waals surface area contributed by atoms with Gasteiger partial charge in [0.2, 0.25) is 0 Å². The van der Waals surface area contributed by atoms with Gasteiger partial charge in [-0.25, -0.2) is 4.98 Å². The molecular weight excluding hydrogens is 342 g/mol. The Kier molecular flexibility index (Phi) is 5.93. The molecule has 6 heteroatoms. The molecule has 0 unspecified atom stereocenters. The van der Waals surface area contributed by atoms with E-state index in [1.54, 1.807) is 11.3 Å². The topological polar surface area (TPSA) is 65.1 Å². The predicted molar refractivity (Wildman–Crippen MR) is 111 cm³/mol. The highest BCUT2D eigenvalue weighted by Crippen LogP contribution is 2.22. The maximum Gasteiger partial charge on any atom is 0.191 e. The number of aromatic nitrogens is 2. The highest BCUT2D eigenvalue weighted by molar-refractivity contribution is 7.11. The number of nitrogens with zero attached hydrogens (tertiary/aromatic N) is 2. The third-order valence-corrected chi connectivity index (χ3v) is 5.74. The largest absolute Gasteiger partial charge is 0.361 e. The average Bonchev–Trinajstić information content (AvgIpc) is 3.18. The van der Waals surface area contributed by atoms with Crippen LogP contribution < -0.4 is 10.6 Å². The summed E-state index contributed by atoms with van der Waals surface area (Å²) in [5.41, 5.74) is 5.00. The number of guanidine groups is 1. The van der Waals surface area contributed by atoms with Crippen LogP contribution in [0.2, 0.25) is 0 Å². The minimum absolute atomic E-state index is 0.832. The number of aliphatic imine (C=N–C) groups is 1. The van der Waals surface area contributed by atoms with Gasteiger partial charge in [0.15, 0.2) is 5.96 Å². The Balaban J connectivity index is 1.48. The van der Waals surface area contributed by atoms with Crippen LogP contribution in [0, 0.1) is 20.8 Å². The SMILES string of the molecule is CN=C(NCCc1nc(C)c(C)s1)NCCc1c[nH]c2cccc(C)c12. The first-order chi connectivity index (χ1) is 12.6. The standard InChI is InChI=1S/C20H27N5S/c1-13-6-5-7-17-19(13)16(12-24-17)8-10-22-20(21-4)23-11-9-18-25-14(2)15(3)26-18/h5-7,12,24H,8-11H2,1-4H3,(H2,21,22,23). The maximum absolute atomic E-state index is 4.58. The molecule has 3 N–H and O–H groups in total. The van der Waals surface area contributed by atoms with Crippen molar-refractivity contribution in [3.63, 3.8) is 0 Å². The van der Waals surface area contributed by atoms with Gasteiger partial charge in [-0.15, -0.1) is 11.3 Å². The van der Waals surface area contributed by atoms with E-state index in [4.69, 9.17) is 0 Å². The predicted octanol–water partition coefficient (Wildman–Crippen LogP) is 3.50. The second-order valence-corrected chi connectivity index (χ2v) is 7.77. The number of nitrogens with one attached hydrogen (secondary N) is 3. The Labute approximate surface area is 159 Å². The fourth-order valence-corrected chi connectivity index (χ4v) is 4.05. The van der Waals surface area contributed by atoms with Crippen LogP contribution >= 0.6 is 11.3 Å². The molecule has 0 fully saturated rings. The van der Waals surface area contributed by atoms with Crippen molar-refractivity contribution in [3.8, 4) is 0 Å². The number of fused-ring (bicyclic) bond motifs is 1. The van der Waals surface area contributed by atoms with E-state index >= 15 is 0 Å². The van der Waals surface area contributed by atoms with Gasteiger partial charge in [0.1, 0.15) is 0 Å². The normalized spacial score (nSPS) is 11.9. The molecule has 0 radical (unpaired) electrons. The Hall–Kier alpha value is -2.34. The van der Waals surface area contributed by atoms with Crippen LogP contribution in [0.3, 0.4) is 0 Å². The number of benzene rings is 1. The van der Waals surface area contributed by atoms with Gasteiger partial charge in [0.05, 0.1) is 10.7 Å². The van der Waals surface area contributed by atoms with Crippen molar-refractivity contribution in [3.05, 3.63) is 51.1 Å². The van der Waals surface area contributed by atoms with Gasteiger partial charge in [-0.05, 0) is 44.4 Å². The monoisotopic (exact) mass is 369 g/mol. The lowest BCUT2D eigenvalue weighted by Crippen LogP contribution is -2.39. The van der Waals surface area contributed by atoms with Crippen LogP contribution in [-0.4, -0.2) is 36.1 Å². The van der Waals surface area contributed by atoms with Crippen LogP contribution in [0.1, 0.15) is 26.7 Å². The van der Waals surface area contributed by atoms with Crippen molar-refractivity contribution in [2.45, 2.75) is 33.6 Å². The second kappa shape index (κ2) is 8.36. The summed E-state index contributed by atoms with van der Waals surface area (Å²) in [5, 5.41) is 9.29. The molecule has 0 aliphatic heterocycles. The van der Waals surface area contributed by atoms with Crippen LogP contribution in [-0.2, 0) is 12.8 Å². The van der Waals surface area contributed by atoms with E-state index in [1.165, 1.54) is 31.9 Å². The van der Waals surface area contributed by atoms with Crippen molar-refractivity contribution in [2.24, 2.45) is 4.99 Å². The smallest absolute Gasteiger partial charge is 0.191 e. The molecule has 0 saturated carbocycles. The van der Waals surface area contributed by atoms with Crippen LogP contribution in [0.4, 0.5) is 0 Å². The lowest BCUT2D eigenvalue weighted by Gasteiger charge is -2.11. The lowest BCUT2D eigenvalue weighted by molar-refractivity contribution is 0.782. The average molecular weight is 370 g/mol. The second-order valence-electron chi connectivity index (χ2n) is 6.49. The van der Waals surface area contributed by atoms with E-state index in [2.05, 4.69) is 70.8 Å². The summed E-state index contributed by atoms with van der Waals surface area (Å²) in [6.45, 7) is 8.02. The number of H-pyrrole nitrogens is 1. The molecule has 0 aliphatic carbocycles. The van der Waals surface area contributed by atoms with Crippen LogP contribution in [0.25, 0.3) is 10.9 Å². The lowest BCUT2D eigenvalue weighted by atomic mass is 10.1. The first-order valence-corrected chi connectivity index (χ1v) is 9.83. The molecule has 3 aromatic rings. The van der Waals surface area contributed by atoms with Crippen molar-refractivity contribution in [1.29, 1.82) is 0 Å². The van der Waals surface area contributed by atoms with Gasteiger partial charge >= 0.3 is 0 Å². The summed E-state index contributed by atoms with van der Waals surface area (Å²) in [5.74, 6) is 0.839.